The first-order chi connectivity index (χ1) is 11.5. The number of aliphatic hydroxyl groups excluding tert-OH is 3. The SMILES string of the molecule is N#C[C@@H]1C(Br)C2O[C@@H](O)C[C@]1(NOCc1ccccc1)C(O)[C@@H]2O. The molecule has 3 fully saturated rings. The molecule has 7 atom stereocenters. The molecule has 2 saturated heterocycles. The van der Waals surface area contributed by atoms with Crippen LogP contribution in [0.15, 0.2) is 30.3 Å². The van der Waals surface area contributed by atoms with Crippen LogP contribution in [0.4, 0.5) is 0 Å². The van der Waals surface area contributed by atoms with Gasteiger partial charge in [0, 0.05) is 6.42 Å². The lowest BCUT2D eigenvalue weighted by Gasteiger charge is -2.48. The summed E-state index contributed by atoms with van der Waals surface area (Å²) in [5.74, 6) is -0.770. The molecule has 2 bridgehead atoms. The Labute approximate surface area is 147 Å². The zero-order valence-electron chi connectivity index (χ0n) is 12.7. The molecule has 1 aromatic carbocycles. The molecule has 3 unspecified atom stereocenters. The lowest BCUT2D eigenvalue weighted by molar-refractivity contribution is -0.173. The third-order valence-electron chi connectivity index (χ3n) is 4.68. The molecule has 0 spiro atoms. The van der Waals surface area contributed by atoms with E-state index >= 15 is 0 Å². The first-order valence-corrected chi connectivity index (χ1v) is 8.57. The smallest absolute Gasteiger partial charge is 0.157 e. The van der Waals surface area contributed by atoms with Gasteiger partial charge < -0.3 is 20.1 Å². The number of halogens is 1. The van der Waals surface area contributed by atoms with Gasteiger partial charge in [-0.3, -0.25) is 4.84 Å². The van der Waals surface area contributed by atoms with Gasteiger partial charge in [0.2, 0.25) is 0 Å². The molecule has 0 aromatic heterocycles. The molecule has 0 radical (unpaired) electrons. The summed E-state index contributed by atoms with van der Waals surface area (Å²) >= 11 is 3.36. The fourth-order valence-electron chi connectivity index (χ4n) is 3.43. The Balaban J connectivity index is 1.83. The second-order valence-corrected chi connectivity index (χ2v) is 7.22. The van der Waals surface area contributed by atoms with Crippen LogP contribution >= 0.6 is 15.9 Å². The van der Waals surface area contributed by atoms with E-state index in [1.165, 1.54) is 0 Å². The quantitative estimate of drug-likeness (QED) is 0.422. The maximum absolute atomic E-state index is 10.6. The minimum Gasteiger partial charge on any atom is -0.388 e. The van der Waals surface area contributed by atoms with Crippen LogP contribution in [0.3, 0.4) is 0 Å². The van der Waals surface area contributed by atoms with Gasteiger partial charge in [-0.1, -0.05) is 46.3 Å². The van der Waals surface area contributed by atoms with Crippen molar-refractivity contribution in [2.75, 3.05) is 0 Å². The van der Waals surface area contributed by atoms with Crippen LogP contribution in [0, 0.1) is 17.2 Å². The summed E-state index contributed by atoms with van der Waals surface area (Å²) in [6, 6.07) is 11.5. The molecule has 7 nitrogen and oxygen atoms in total. The van der Waals surface area contributed by atoms with Crippen molar-refractivity contribution in [3.8, 4) is 6.07 Å². The number of benzene rings is 1. The summed E-state index contributed by atoms with van der Waals surface area (Å²) in [6.07, 6.45) is -4.78. The van der Waals surface area contributed by atoms with Gasteiger partial charge in [0.25, 0.3) is 0 Å². The molecule has 3 aliphatic rings. The minimum absolute atomic E-state index is 0.0865. The molecular weight excluding hydrogens is 380 g/mol. The molecular formula is C16H19BrN2O5. The number of fused-ring (bicyclic) bond motifs is 4. The van der Waals surface area contributed by atoms with Crippen LogP contribution in [-0.4, -0.2) is 50.3 Å². The van der Waals surface area contributed by atoms with Crippen LogP contribution in [0.25, 0.3) is 0 Å². The summed E-state index contributed by atoms with van der Waals surface area (Å²) in [6.45, 7) is 0.205. The Morgan fingerprint density at radius 1 is 1.33 bits per heavy atom. The summed E-state index contributed by atoms with van der Waals surface area (Å²) < 4.78 is 5.37. The van der Waals surface area contributed by atoms with Crippen LogP contribution in [0.2, 0.25) is 0 Å². The lowest BCUT2D eigenvalue weighted by atomic mass is 9.68. The number of hydrogen-bond acceptors (Lipinski definition) is 7. The fourth-order valence-corrected chi connectivity index (χ4v) is 4.46. The number of aliphatic hydroxyl groups is 3. The maximum Gasteiger partial charge on any atom is 0.157 e. The number of ether oxygens (including phenoxy) is 1. The van der Waals surface area contributed by atoms with Gasteiger partial charge in [0.15, 0.2) is 6.29 Å². The van der Waals surface area contributed by atoms with Gasteiger partial charge in [0.1, 0.15) is 18.3 Å². The Hall–Kier alpha value is -1.05. The van der Waals surface area contributed by atoms with Crippen LogP contribution in [-0.2, 0) is 16.2 Å². The van der Waals surface area contributed by atoms with E-state index in [0.29, 0.717) is 0 Å². The third kappa shape index (κ3) is 2.97. The summed E-state index contributed by atoms with van der Waals surface area (Å²) in [5.41, 5.74) is 2.30. The highest BCUT2D eigenvalue weighted by atomic mass is 79.9. The first kappa shape index (κ1) is 17.8. The predicted molar refractivity (Wildman–Crippen MR) is 86.4 cm³/mol. The Bertz CT molecular complexity index is 612. The van der Waals surface area contributed by atoms with Crippen LogP contribution in [0.1, 0.15) is 12.0 Å². The second kappa shape index (κ2) is 7.06. The number of nitrogens with one attached hydrogen (secondary N) is 1. The molecule has 1 aromatic rings. The van der Waals surface area contributed by atoms with Crippen LogP contribution < -0.4 is 5.48 Å². The van der Waals surface area contributed by atoms with Crippen molar-refractivity contribution in [1.29, 1.82) is 5.26 Å². The molecule has 4 rings (SSSR count). The van der Waals surface area contributed by atoms with Gasteiger partial charge >= 0.3 is 0 Å². The average Bonchev–Trinajstić information content (AvgIpc) is 2.74. The highest BCUT2D eigenvalue weighted by Crippen LogP contribution is 2.45. The van der Waals surface area contributed by atoms with E-state index < -0.39 is 40.9 Å². The van der Waals surface area contributed by atoms with Gasteiger partial charge in [-0.25, -0.2) is 0 Å². The minimum atomic E-state index is -1.36. The topological polar surface area (TPSA) is 115 Å². The Morgan fingerprint density at radius 3 is 2.71 bits per heavy atom. The van der Waals surface area contributed by atoms with E-state index in [2.05, 4.69) is 27.5 Å². The van der Waals surface area contributed by atoms with Crippen LogP contribution in [0.5, 0.6) is 0 Å². The van der Waals surface area contributed by atoms with Crippen molar-refractivity contribution in [2.24, 2.45) is 5.92 Å². The molecule has 2 heterocycles. The van der Waals surface area contributed by atoms with E-state index in [9.17, 15) is 20.6 Å². The normalized spacial score (nSPS) is 41.6. The van der Waals surface area contributed by atoms with Gasteiger partial charge in [-0.15, -0.1) is 0 Å². The summed E-state index contributed by atoms with van der Waals surface area (Å²) in [4.78, 5) is 4.96. The fraction of sp³-hybridized carbons (Fsp3) is 0.562. The van der Waals surface area contributed by atoms with Gasteiger partial charge in [-0.05, 0) is 5.56 Å². The number of hydroxylamine groups is 1. The van der Waals surface area contributed by atoms with Crippen molar-refractivity contribution in [2.45, 2.75) is 48.0 Å². The Kier molecular flexibility index (Phi) is 5.22. The van der Waals surface area contributed by atoms with E-state index in [-0.39, 0.29) is 13.0 Å². The number of nitriles is 1. The number of rotatable bonds is 4. The van der Waals surface area contributed by atoms with E-state index in [0.717, 1.165) is 5.56 Å². The highest BCUT2D eigenvalue weighted by molar-refractivity contribution is 9.09. The molecule has 130 valence electrons. The molecule has 2 aliphatic heterocycles. The predicted octanol–water partition coefficient (Wildman–Crippen LogP) is 0.193. The van der Waals surface area contributed by atoms with Crippen molar-refractivity contribution in [1.82, 2.24) is 5.48 Å². The van der Waals surface area contributed by atoms with Gasteiger partial charge in [-0.2, -0.15) is 10.7 Å². The summed E-state index contributed by atoms with van der Waals surface area (Å²) in [5, 5.41) is 40.5. The van der Waals surface area contributed by atoms with Crippen molar-refractivity contribution in [3.05, 3.63) is 35.9 Å². The van der Waals surface area contributed by atoms with Crippen molar-refractivity contribution >= 4 is 15.9 Å². The first-order valence-electron chi connectivity index (χ1n) is 7.66. The number of alkyl halides is 1. The molecule has 8 heteroatoms. The zero-order chi connectivity index (χ0) is 17.3. The average molecular weight is 399 g/mol. The molecule has 24 heavy (non-hydrogen) atoms. The van der Waals surface area contributed by atoms with Crippen molar-refractivity contribution in [3.63, 3.8) is 0 Å². The monoisotopic (exact) mass is 398 g/mol. The van der Waals surface area contributed by atoms with E-state index in [4.69, 9.17) is 9.57 Å². The number of nitrogens with zero attached hydrogens (tertiary/aromatic N) is 1. The number of hydrogen-bond donors (Lipinski definition) is 4. The zero-order valence-corrected chi connectivity index (χ0v) is 14.3. The maximum atomic E-state index is 10.6. The molecule has 0 amide bonds. The third-order valence-corrected chi connectivity index (χ3v) is 5.73. The van der Waals surface area contributed by atoms with Gasteiger partial charge in [0.05, 0.1) is 29.0 Å². The van der Waals surface area contributed by atoms with Crippen molar-refractivity contribution < 1.29 is 24.9 Å². The lowest BCUT2D eigenvalue weighted by Crippen LogP contribution is -2.70. The standard InChI is InChI=1S/C16H19BrN2O5/c17-12-10(7-18)16(19-23-8-9-4-2-1-3-5-9)6-11(20)24-14(12)13(21)15(16)22/h1-5,10-15,19-22H,6,8H2/t10-,11-,12?,13-,14?,15?,16-/m1/s1. The van der Waals surface area contributed by atoms with E-state index in [1.807, 2.05) is 30.3 Å². The highest BCUT2D eigenvalue weighted by Gasteiger charge is 2.63. The largest absolute Gasteiger partial charge is 0.388 e. The second-order valence-electron chi connectivity index (χ2n) is 6.16. The summed E-state index contributed by atoms with van der Waals surface area (Å²) in [7, 11) is 0. The molecule has 1 saturated carbocycles. The Morgan fingerprint density at radius 2 is 2.04 bits per heavy atom. The molecule has 1 aliphatic carbocycles. The molecule has 4 N–H and O–H groups in total. The van der Waals surface area contributed by atoms with E-state index in [1.54, 1.807) is 0 Å².